The molecule has 5 heteroatoms. The number of nitrogens with zero attached hydrogens (tertiary/aromatic N) is 1. The van der Waals surface area contributed by atoms with Gasteiger partial charge >= 0.3 is 0 Å². The van der Waals surface area contributed by atoms with Crippen LogP contribution in [0.15, 0.2) is 30.6 Å². The van der Waals surface area contributed by atoms with E-state index in [1.807, 2.05) is 6.07 Å². The standard InChI is InChI=1S/C14H18N4O/c1-3-13(14-16-6-7-17-14)18-10-4-5-11(9(2)19)12(15)8-10/h4-8,13,18H,3,15H2,1-2H3,(H,16,17). The second-order valence-electron chi connectivity index (χ2n) is 4.44. The maximum atomic E-state index is 11.3. The number of hydrogen-bond acceptors (Lipinski definition) is 4. The van der Waals surface area contributed by atoms with E-state index in [-0.39, 0.29) is 11.8 Å². The topological polar surface area (TPSA) is 83.8 Å². The number of nitrogen functional groups attached to an aromatic ring is 1. The van der Waals surface area contributed by atoms with E-state index >= 15 is 0 Å². The fourth-order valence-electron chi connectivity index (χ4n) is 2.01. The molecule has 19 heavy (non-hydrogen) atoms. The van der Waals surface area contributed by atoms with Crippen LogP contribution in [0.2, 0.25) is 0 Å². The molecule has 0 radical (unpaired) electrons. The average Bonchev–Trinajstić information content (AvgIpc) is 2.89. The van der Waals surface area contributed by atoms with Gasteiger partial charge in [-0.15, -0.1) is 0 Å². The molecule has 2 rings (SSSR count). The van der Waals surface area contributed by atoms with Crippen LogP contribution in [0.3, 0.4) is 0 Å². The summed E-state index contributed by atoms with van der Waals surface area (Å²) >= 11 is 0. The van der Waals surface area contributed by atoms with Gasteiger partial charge in [-0.25, -0.2) is 4.98 Å². The van der Waals surface area contributed by atoms with Gasteiger partial charge in [0, 0.05) is 29.3 Å². The molecule has 4 N–H and O–H groups in total. The number of aromatic amines is 1. The summed E-state index contributed by atoms with van der Waals surface area (Å²) in [7, 11) is 0. The summed E-state index contributed by atoms with van der Waals surface area (Å²) in [6.07, 6.45) is 4.42. The van der Waals surface area contributed by atoms with Crippen molar-refractivity contribution in [1.82, 2.24) is 9.97 Å². The fraction of sp³-hybridized carbons (Fsp3) is 0.286. The summed E-state index contributed by atoms with van der Waals surface area (Å²) < 4.78 is 0. The Balaban J connectivity index is 2.19. The van der Waals surface area contributed by atoms with Crippen molar-refractivity contribution in [1.29, 1.82) is 0 Å². The van der Waals surface area contributed by atoms with E-state index in [1.165, 1.54) is 6.92 Å². The van der Waals surface area contributed by atoms with Crippen LogP contribution < -0.4 is 11.1 Å². The van der Waals surface area contributed by atoms with E-state index in [1.54, 1.807) is 24.5 Å². The Bertz CT molecular complexity index is 563. The maximum Gasteiger partial charge on any atom is 0.161 e. The molecule has 1 aromatic carbocycles. The SMILES string of the molecule is CCC(Nc1ccc(C(C)=O)c(N)c1)c1ncc[nH]1. The molecule has 0 amide bonds. The number of imidazole rings is 1. The van der Waals surface area contributed by atoms with Crippen LogP contribution >= 0.6 is 0 Å². The van der Waals surface area contributed by atoms with E-state index in [4.69, 9.17) is 5.73 Å². The Morgan fingerprint density at radius 1 is 1.53 bits per heavy atom. The first-order valence-corrected chi connectivity index (χ1v) is 6.28. The van der Waals surface area contributed by atoms with Gasteiger partial charge in [0.2, 0.25) is 0 Å². The lowest BCUT2D eigenvalue weighted by molar-refractivity contribution is 0.101. The van der Waals surface area contributed by atoms with Crippen molar-refractivity contribution < 1.29 is 4.79 Å². The quantitative estimate of drug-likeness (QED) is 0.568. The number of nitrogens with two attached hydrogens (primary N) is 1. The van der Waals surface area contributed by atoms with Crippen molar-refractivity contribution in [3.63, 3.8) is 0 Å². The molecule has 100 valence electrons. The third-order valence-electron chi connectivity index (χ3n) is 3.03. The molecule has 0 saturated heterocycles. The molecule has 1 heterocycles. The highest BCUT2D eigenvalue weighted by Crippen LogP contribution is 2.23. The van der Waals surface area contributed by atoms with E-state index in [0.29, 0.717) is 11.3 Å². The molecule has 0 bridgehead atoms. The predicted octanol–water partition coefficient (Wildman–Crippen LogP) is 2.76. The zero-order valence-corrected chi connectivity index (χ0v) is 11.1. The highest BCUT2D eigenvalue weighted by Gasteiger charge is 2.12. The monoisotopic (exact) mass is 258 g/mol. The normalized spacial score (nSPS) is 12.1. The van der Waals surface area contributed by atoms with Gasteiger partial charge in [-0.05, 0) is 31.5 Å². The number of carbonyl (C=O) groups excluding carboxylic acids is 1. The van der Waals surface area contributed by atoms with Crippen molar-refractivity contribution in [3.05, 3.63) is 42.0 Å². The minimum absolute atomic E-state index is 0.0258. The number of H-pyrrole nitrogens is 1. The summed E-state index contributed by atoms with van der Waals surface area (Å²) in [5, 5.41) is 3.35. The van der Waals surface area contributed by atoms with Gasteiger partial charge in [0.15, 0.2) is 5.78 Å². The number of rotatable bonds is 5. The first-order chi connectivity index (χ1) is 9.11. The number of hydrogen-bond donors (Lipinski definition) is 3. The molecule has 5 nitrogen and oxygen atoms in total. The highest BCUT2D eigenvalue weighted by molar-refractivity contribution is 5.99. The zero-order chi connectivity index (χ0) is 13.8. The predicted molar refractivity (Wildman–Crippen MR) is 76.1 cm³/mol. The molecule has 0 saturated carbocycles. The second kappa shape index (κ2) is 5.56. The summed E-state index contributed by atoms with van der Waals surface area (Å²) in [4.78, 5) is 18.7. The lowest BCUT2D eigenvalue weighted by atomic mass is 10.1. The van der Waals surface area contributed by atoms with Crippen LogP contribution in [0.25, 0.3) is 0 Å². The van der Waals surface area contributed by atoms with Crippen LogP contribution in [0.1, 0.15) is 42.5 Å². The number of nitrogens with one attached hydrogen (secondary N) is 2. The van der Waals surface area contributed by atoms with Crippen molar-refractivity contribution >= 4 is 17.2 Å². The third kappa shape index (κ3) is 2.93. The number of carbonyl (C=O) groups is 1. The Kier molecular flexibility index (Phi) is 3.85. The van der Waals surface area contributed by atoms with Crippen molar-refractivity contribution in [2.45, 2.75) is 26.3 Å². The van der Waals surface area contributed by atoms with E-state index in [0.717, 1.165) is 17.9 Å². The molecular formula is C14H18N4O. The van der Waals surface area contributed by atoms with Crippen molar-refractivity contribution in [2.24, 2.45) is 0 Å². The molecule has 1 unspecified atom stereocenters. The van der Waals surface area contributed by atoms with Gasteiger partial charge < -0.3 is 16.0 Å². The second-order valence-corrected chi connectivity index (χ2v) is 4.44. The number of benzene rings is 1. The van der Waals surface area contributed by atoms with Gasteiger partial charge in [0.05, 0.1) is 6.04 Å². The summed E-state index contributed by atoms with van der Waals surface area (Å²) in [5.74, 6) is 0.860. The fourth-order valence-corrected chi connectivity index (χ4v) is 2.01. The van der Waals surface area contributed by atoms with Crippen LogP contribution in [0.5, 0.6) is 0 Å². The molecule has 1 atom stereocenters. The van der Waals surface area contributed by atoms with E-state index in [2.05, 4.69) is 22.2 Å². The lowest BCUT2D eigenvalue weighted by Crippen LogP contribution is -2.12. The average molecular weight is 258 g/mol. The molecule has 0 aliphatic carbocycles. The molecule has 1 aromatic heterocycles. The molecular weight excluding hydrogens is 240 g/mol. The smallest absolute Gasteiger partial charge is 0.161 e. The summed E-state index contributed by atoms with van der Waals surface area (Å²) in [6.45, 7) is 3.59. The molecule has 0 fully saturated rings. The summed E-state index contributed by atoms with van der Waals surface area (Å²) in [6, 6.07) is 5.48. The van der Waals surface area contributed by atoms with Gasteiger partial charge in [-0.2, -0.15) is 0 Å². The number of ketones is 1. The van der Waals surface area contributed by atoms with Crippen molar-refractivity contribution in [2.75, 3.05) is 11.1 Å². The van der Waals surface area contributed by atoms with Gasteiger partial charge in [-0.1, -0.05) is 6.92 Å². The third-order valence-corrected chi connectivity index (χ3v) is 3.03. The lowest BCUT2D eigenvalue weighted by Gasteiger charge is -2.17. The Morgan fingerprint density at radius 3 is 2.84 bits per heavy atom. The largest absolute Gasteiger partial charge is 0.398 e. The van der Waals surface area contributed by atoms with E-state index < -0.39 is 0 Å². The van der Waals surface area contributed by atoms with Crippen LogP contribution in [-0.4, -0.2) is 15.8 Å². The maximum absolute atomic E-state index is 11.3. The number of Topliss-reactive ketones (excluding diaryl/α,β-unsaturated/α-hetero) is 1. The molecule has 2 aromatic rings. The number of aromatic nitrogens is 2. The number of anilines is 2. The highest BCUT2D eigenvalue weighted by atomic mass is 16.1. The van der Waals surface area contributed by atoms with Crippen molar-refractivity contribution in [3.8, 4) is 0 Å². The van der Waals surface area contributed by atoms with Crippen LogP contribution in [0.4, 0.5) is 11.4 Å². The first kappa shape index (κ1) is 13.1. The van der Waals surface area contributed by atoms with Gasteiger partial charge in [-0.3, -0.25) is 4.79 Å². The van der Waals surface area contributed by atoms with Gasteiger partial charge in [0.1, 0.15) is 5.82 Å². The van der Waals surface area contributed by atoms with Crippen LogP contribution in [-0.2, 0) is 0 Å². The Labute approximate surface area is 112 Å². The van der Waals surface area contributed by atoms with E-state index in [9.17, 15) is 4.79 Å². The molecule has 0 spiro atoms. The zero-order valence-electron chi connectivity index (χ0n) is 11.1. The Hall–Kier alpha value is -2.30. The minimum atomic E-state index is -0.0258. The molecule has 0 aliphatic heterocycles. The minimum Gasteiger partial charge on any atom is -0.398 e. The van der Waals surface area contributed by atoms with Crippen LogP contribution in [0, 0.1) is 0 Å². The first-order valence-electron chi connectivity index (χ1n) is 6.28. The Morgan fingerprint density at radius 2 is 2.32 bits per heavy atom. The summed E-state index contributed by atoms with van der Waals surface area (Å²) in [5.41, 5.74) is 7.80. The van der Waals surface area contributed by atoms with Gasteiger partial charge in [0.25, 0.3) is 0 Å². The molecule has 0 aliphatic rings.